The Balaban J connectivity index is 2.17. The number of hydrogen-bond acceptors (Lipinski definition) is 2. The standard InChI is InChI=1S/C10H20O2Si/c1-9(2)13(11-3)12-8-7-10-5-4-6-10/h7-10,13H,4-6H2,1-3H3. The van der Waals surface area contributed by atoms with Crippen LogP contribution in [-0.4, -0.2) is 16.4 Å². The van der Waals surface area contributed by atoms with Crippen LogP contribution in [0.15, 0.2) is 12.3 Å². The van der Waals surface area contributed by atoms with Crippen LogP contribution in [0.4, 0.5) is 0 Å². The molecule has 0 bridgehead atoms. The predicted molar refractivity (Wildman–Crippen MR) is 56.8 cm³/mol. The molecule has 0 aromatic carbocycles. The van der Waals surface area contributed by atoms with Gasteiger partial charge in [-0.1, -0.05) is 20.3 Å². The lowest BCUT2D eigenvalue weighted by atomic mass is 9.86. The molecule has 0 saturated heterocycles. The first-order valence-electron chi connectivity index (χ1n) is 5.09. The van der Waals surface area contributed by atoms with Gasteiger partial charge in [0.15, 0.2) is 0 Å². The molecule has 0 aromatic rings. The van der Waals surface area contributed by atoms with E-state index in [1.165, 1.54) is 19.3 Å². The molecule has 1 atom stereocenters. The summed E-state index contributed by atoms with van der Waals surface area (Å²) in [6.07, 6.45) is 8.10. The van der Waals surface area contributed by atoms with Gasteiger partial charge in [-0.3, -0.25) is 0 Å². The molecule has 1 fully saturated rings. The minimum atomic E-state index is -1.42. The molecule has 1 unspecified atom stereocenters. The quantitative estimate of drug-likeness (QED) is 0.501. The summed E-state index contributed by atoms with van der Waals surface area (Å²) in [6, 6.07) is 0. The van der Waals surface area contributed by atoms with Crippen LogP contribution in [0.2, 0.25) is 5.54 Å². The Bertz CT molecular complexity index is 164. The van der Waals surface area contributed by atoms with Crippen LogP contribution in [0.25, 0.3) is 0 Å². The maximum Gasteiger partial charge on any atom is 0.384 e. The maximum atomic E-state index is 5.60. The first kappa shape index (κ1) is 10.8. The third-order valence-electron chi connectivity index (χ3n) is 2.49. The average molecular weight is 200 g/mol. The summed E-state index contributed by atoms with van der Waals surface area (Å²) in [5.74, 6) is 0.777. The van der Waals surface area contributed by atoms with Crippen LogP contribution < -0.4 is 0 Å². The van der Waals surface area contributed by atoms with Crippen molar-refractivity contribution < 1.29 is 8.85 Å². The fraction of sp³-hybridized carbons (Fsp3) is 0.800. The van der Waals surface area contributed by atoms with Gasteiger partial charge in [0.2, 0.25) is 0 Å². The lowest BCUT2D eigenvalue weighted by molar-refractivity contribution is 0.291. The summed E-state index contributed by atoms with van der Waals surface area (Å²) >= 11 is 0. The summed E-state index contributed by atoms with van der Waals surface area (Å²) in [5.41, 5.74) is 0.538. The van der Waals surface area contributed by atoms with Crippen molar-refractivity contribution in [3.8, 4) is 0 Å². The van der Waals surface area contributed by atoms with Crippen LogP contribution in [0.1, 0.15) is 33.1 Å². The number of rotatable bonds is 5. The highest BCUT2D eigenvalue weighted by Gasteiger charge is 2.17. The van der Waals surface area contributed by atoms with E-state index in [2.05, 4.69) is 19.9 Å². The Kier molecular flexibility index (Phi) is 4.52. The van der Waals surface area contributed by atoms with E-state index >= 15 is 0 Å². The average Bonchev–Trinajstić information content (AvgIpc) is 2.00. The predicted octanol–water partition coefficient (Wildman–Crippen LogP) is 2.59. The Morgan fingerprint density at radius 3 is 2.46 bits per heavy atom. The zero-order valence-corrected chi connectivity index (χ0v) is 9.98. The molecule has 3 heteroatoms. The monoisotopic (exact) mass is 200 g/mol. The van der Waals surface area contributed by atoms with Gasteiger partial charge in [0.1, 0.15) is 0 Å². The second kappa shape index (κ2) is 5.45. The van der Waals surface area contributed by atoms with E-state index in [0.717, 1.165) is 5.92 Å². The molecule has 0 aromatic heterocycles. The van der Waals surface area contributed by atoms with Crippen LogP contribution in [0.5, 0.6) is 0 Å². The van der Waals surface area contributed by atoms with E-state index in [0.29, 0.717) is 5.54 Å². The number of hydrogen-bond donors (Lipinski definition) is 0. The van der Waals surface area contributed by atoms with Crippen LogP contribution in [0, 0.1) is 5.92 Å². The van der Waals surface area contributed by atoms with Crippen LogP contribution in [0.3, 0.4) is 0 Å². The smallest absolute Gasteiger partial charge is 0.384 e. The highest BCUT2D eigenvalue weighted by atomic mass is 28.3. The first-order valence-corrected chi connectivity index (χ1v) is 6.70. The molecule has 0 radical (unpaired) electrons. The zero-order valence-electron chi connectivity index (χ0n) is 8.82. The molecule has 0 spiro atoms. The molecular formula is C10H20O2Si. The summed E-state index contributed by atoms with van der Waals surface area (Å²) < 4.78 is 10.9. The van der Waals surface area contributed by atoms with Crippen molar-refractivity contribution in [1.29, 1.82) is 0 Å². The second-order valence-electron chi connectivity index (χ2n) is 4.00. The molecule has 1 aliphatic carbocycles. The third kappa shape index (κ3) is 3.52. The Labute approximate surface area is 82.8 Å². The van der Waals surface area contributed by atoms with E-state index in [1.807, 2.05) is 6.26 Å². The molecule has 1 aliphatic rings. The summed E-state index contributed by atoms with van der Waals surface area (Å²) in [6.45, 7) is 4.30. The Morgan fingerprint density at radius 2 is 2.08 bits per heavy atom. The van der Waals surface area contributed by atoms with E-state index in [9.17, 15) is 0 Å². The fourth-order valence-corrected chi connectivity index (χ4v) is 2.57. The zero-order chi connectivity index (χ0) is 9.68. The van der Waals surface area contributed by atoms with Crippen molar-refractivity contribution in [1.82, 2.24) is 0 Å². The molecule has 1 saturated carbocycles. The summed E-state index contributed by atoms with van der Waals surface area (Å²) in [5, 5.41) is 0. The van der Waals surface area contributed by atoms with E-state index in [1.54, 1.807) is 7.11 Å². The SMILES string of the molecule is CO[SiH](OC=CC1CCC1)C(C)C. The summed E-state index contributed by atoms with van der Waals surface area (Å²) in [7, 11) is 0.325. The molecule has 0 N–H and O–H groups in total. The fourth-order valence-electron chi connectivity index (χ4n) is 1.35. The van der Waals surface area contributed by atoms with Crippen molar-refractivity contribution in [2.45, 2.75) is 38.7 Å². The van der Waals surface area contributed by atoms with E-state index in [4.69, 9.17) is 8.85 Å². The molecule has 1 rings (SSSR count). The lowest BCUT2D eigenvalue weighted by Gasteiger charge is -2.22. The molecule has 0 heterocycles. The van der Waals surface area contributed by atoms with Crippen molar-refractivity contribution in [2.24, 2.45) is 5.92 Å². The van der Waals surface area contributed by atoms with Gasteiger partial charge in [-0.25, -0.2) is 0 Å². The normalized spacial score (nSPS) is 20.6. The van der Waals surface area contributed by atoms with Gasteiger partial charge in [0.25, 0.3) is 0 Å². The maximum absolute atomic E-state index is 5.60. The van der Waals surface area contributed by atoms with Crippen molar-refractivity contribution in [3.63, 3.8) is 0 Å². The van der Waals surface area contributed by atoms with Crippen LogP contribution in [-0.2, 0) is 8.85 Å². The van der Waals surface area contributed by atoms with Gasteiger partial charge in [-0.15, -0.1) is 0 Å². The molecule has 13 heavy (non-hydrogen) atoms. The van der Waals surface area contributed by atoms with Crippen molar-refractivity contribution in [2.75, 3.05) is 7.11 Å². The highest BCUT2D eigenvalue weighted by Crippen LogP contribution is 2.27. The first-order chi connectivity index (χ1) is 6.24. The van der Waals surface area contributed by atoms with Gasteiger partial charge < -0.3 is 8.85 Å². The molecule has 0 aliphatic heterocycles. The molecule has 76 valence electrons. The third-order valence-corrected chi connectivity index (χ3v) is 4.47. The van der Waals surface area contributed by atoms with Gasteiger partial charge >= 0.3 is 9.28 Å². The van der Waals surface area contributed by atoms with Crippen molar-refractivity contribution in [3.05, 3.63) is 12.3 Å². The van der Waals surface area contributed by atoms with Crippen molar-refractivity contribution >= 4 is 9.28 Å². The van der Waals surface area contributed by atoms with Gasteiger partial charge in [-0.05, 0) is 24.8 Å². The van der Waals surface area contributed by atoms with Gasteiger partial charge in [0.05, 0.1) is 6.26 Å². The topological polar surface area (TPSA) is 18.5 Å². The van der Waals surface area contributed by atoms with Gasteiger partial charge in [-0.2, -0.15) is 0 Å². The van der Waals surface area contributed by atoms with E-state index in [-0.39, 0.29) is 0 Å². The minimum Gasteiger partial charge on any atom is -0.529 e. The molecule has 0 amide bonds. The van der Waals surface area contributed by atoms with E-state index < -0.39 is 9.28 Å². The molecular weight excluding hydrogens is 180 g/mol. The largest absolute Gasteiger partial charge is 0.529 e. The summed E-state index contributed by atoms with van der Waals surface area (Å²) in [4.78, 5) is 0. The minimum absolute atomic E-state index is 0.538. The highest BCUT2D eigenvalue weighted by molar-refractivity contribution is 6.46. The Morgan fingerprint density at radius 1 is 1.38 bits per heavy atom. The Hall–Kier alpha value is -0.283. The second-order valence-corrected chi connectivity index (χ2v) is 6.82. The number of allylic oxidation sites excluding steroid dienone is 1. The van der Waals surface area contributed by atoms with Gasteiger partial charge in [0, 0.05) is 12.7 Å². The molecule has 2 nitrogen and oxygen atoms in total. The van der Waals surface area contributed by atoms with Crippen LogP contribution >= 0.6 is 0 Å². The lowest BCUT2D eigenvalue weighted by Crippen LogP contribution is -2.22.